The molecule has 7 heteroatoms. The van der Waals surface area contributed by atoms with Gasteiger partial charge in [-0.15, -0.1) is 0 Å². The van der Waals surface area contributed by atoms with Crippen LogP contribution >= 0.6 is 34.8 Å². The number of piperidine rings is 1. The van der Waals surface area contributed by atoms with Gasteiger partial charge in [0.25, 0.3) is 5.91 Å². The van der Waals surface area contributed by atoms with E-state index in [2.05, 4.69) is 10.2 Å². The molecule has 0 aliphatic carbocycles. The van der Waals surface area contributed by atoms with E-state index >= 15 is 0 Å². The van der Waals surface area contributed by atoms with Crippen molar-refractivity contribution in [1.82, 2.24) is 10.2 Å². The first-order chi connectivity index (χ1) is 13.9. The molecule has 1 unspecified atom stereocenters. The van der Waals surface area contributed by atoms with E-state index in [0.29, 0.717) is 17.1 Å². The number of carbonyl (C=O) groups is 1. The SMILES string of the molecule is O=C(NC1C[C@H]2CC[C@@H](C1)N2CCc1ccc(F)cc1)c1c(Cl)cc(Cl)cc1Cl. The van der Waals surface area contributed by atoms with Gasteiger partial charge in [-0.3, -0.25) is 9.69 Å². The minimum atomic E-state index is -0.249. The molecule has 2 saturated heterocycles. The Morgan fingerprint density at radius 3 is 2.21 bits per heavy atom. The number of benzene rings is 2. The van der Waals surface area contributed by atoms with Crippen LogP contribution in [0.3, 0.4) is 0 Å². The Labute approximate surface area is 185 Å². The number of hydrogen-bond acceptors (Lipinski definition) is 2. The number of carbonyl (C=O) groups excluding carboxylic acids is 1. The van der Waals surface area contributed by atoms with E-state index in [0.717, 1.165) is 44.2 Å². The van der Waals surface area contributed by atoms with Gasteiger partial charge < -0.3 is 5.32 Å². The molecule has 2 aromatic rings. The van der Waals surface area contributed by atoms with Crippen molar-refractivity contribution < 1.29 is 9.18 Å². The Kier molecular flexibility index (Phi) is 6.35. The zero-order chi connectivity index (χ0) is 20.5. The summed E-state index contributed by atoms with van der Waals surface area (Å²) in [4.78, 5) is 15.3. The molecule has 2 aromatic carbocycles. The summed E-state index contributed by atoms with van der Waals surface area (Å²) in [6, 6.07) is 10.8. The van der Waals surface area contributed by atoms with E-state index in [1.54, 1.807) is 0 Å². The third kappa shape index (κ3) is 4.72. The van der Waals surface area contributed by atoms with Crippen LogP contribution in [0.4, 0.5) is 4.39 Å². The third-order valence-corrected chi connectivity index (χ3v) is 6.84. The van der Waals surface area contributed by atoms with Crippen LogP contribution in [0.25, 0.3) is 0 Å². The highest BCUT2D eigenvalue weighted by molar-refractivity contribution is 6.42. The van der Waals surface area contributed by atoms with Crippen LogP contribution in [-0.4, -0.2) is 35.5 Å². The van der Waals surface area contributed by atoms with Crippen LogP contribution < -0.4 is 5.32 Å². The normalized spacial score (nSPS) is 23.9. The second-order valence-corrected chi connectivity index (χ2v) is 9.14. The number of nitrogens with one attached hydrogen (secondary N) is 1. The summed E-state index contributed by atoms with van der Waals surface area (Å²) in [5.41, 5.74) is 1.43. The smallest absolute Gasteiger partial charge is 0.254 e. The maximum Gasteiger partial charge on any atom is 0.254 e. The number of nitrogens with zero attached hydrogens (tertiary/aromatic N) is 1. The van der Waals surface area contributed by atoms with Gasteiger partial charge in [0.1, 0.15) is 5.82 Å². The van der Waals surface area contributed by atoms with Crippen LogP contribution in [0, 0.1) is 5.82 Å². The Morgan fingerprint density at radius 2 is 1.62 bits per heavy atom. The highest BCUT2D eigenvalue weighted by atomic mass is 35.5. The summed E-state index contributed by atoms with van der Waals surface area (Å²) >= 11 is 18.3. The zero-order valence-corrected chi connectivity index (χ0v) is 18.1. The Morgan fingerprint density at radius 1 is 1.03 bits per heavy atom. The zero-order valence-electron chi connectivity index (χ0n) is 15.8. The van der Waals surface area contributed by atoms with E-state index in [1.165, 1.54) is 24.3 Å². The van der Waals surface area contributed by atoms with Gasteiger partial charge in [0.05, 0.1) is 15.6 Å². The summed E-state index contributed by atoms with van der Waals surface area (Å²) in [6.45, 7) is 0.955. The number of halogens is 4. The Hall–Kier alpha value is -1.33. The lowest BCUT2D eigenvalue weighted by molar-refractivity contribution is 0.0848. The molecule has 4 rings (SSSR count). The van der Waals surface area contributed by atoms with Gasteiger partial charge in [-0.05, 0) is 61.9 Å². The molecule has 3 nitrogen and oxygen atoms in total. The van der Waals surface area contributed by atoms with Gasteiger partial charge in [0.15, 0.2) is 0 Å². The minimum Gasteiger partial charge on any atom is -0.349 e. The fourth-order valence-electron chi connectivity index (χ4n) is 4.68. The average Bonchev–Trinajstić information content (AvgIpc) is 2.89. The predicted molar refractivity (Wildman–Crippen MR) is 116 cm³/mol. The summed E-state index contributed by atoms with van der Waals surface area (Å²) < 4.78 is 13.1. The van der Waals surface area contributed by atoms with Crippen molar-refractivity contribution >= 4 is 40.7 Å². The first-order valence-electron chi connectivity index (χ1n) is 9.86. The fourth-order valence-corrected chi connectivity index (χ4v) is 5.67. The van der Waals surface area contributed by atoms with Gasteiger partial charge in [-0.2, -0.15) is 0 Å². The van der Waals surface area contributed by atoms with E-state index in [-0.39, 0.29) is 33.4 Å². The molecule has 1 N–H and O–H groups in total. The minimum absolute atomic E-state index is 0.102. The van der Waals surface area contributed by atoms with Crippen molar-refractivity contribution in [3.05, 3.63) is 68.4 Å². The lowest BCUT2D eigenvalue weighted by atomic mass is 9.96. The molecule has 154 valence electrons. The van der Waals surface area contributed by atoms with Gasteiger partial charge in [0.2, 0.25) is 0 Å². The first kappa shape index (κ1) is 20.9. The molecule has 2 aliphatic heterocycles. The molecular weight excluding hydrogens is 434 g/mol. The van der Waals surface area contributed by atoms with Gasteiger partial charge in [0, 0.05) is 29.7 Å². The number of amides is 1. The van der Waals surface area contributed by atoms with Crippen LogP contribution in [0.15, 0.2) is 36.4 Å². The highest BCUT2D eigenvalue weighted by Crippen LogP contribution is 2.36. The molecule has 0 aromatic heterocycles. The number of hydrogen-bond donors (Lipinski definition) is 1. The quantitative estimate of drug-likeness (QED) is 0.622. The van der Waals surface area contributed by atoms with Crippen molar-refractivity contribution in [2.24, 2.45) is 0 Å². The Balaban J connectivity index is 1.36. The second kappa shape index (κ2) is 8.81. The molecule has 2 heterocycles. The van der Waals surface area contributed by atoms with E-state index in [9.17, 15) is 9.18 Å². The summed E-state index contributed by atoms with van der Waals surface area (Å²) in [6.07, 6.45) is 5.01. The molecule has 0 radical (unpaired) electrons. The molecule has 0 spiro atoms. The molecule has 29 heavy (non-hydrogen) atoms. The fraction of sp³-hybridized carbons (Fsp3) is 0.409. The summed E-state index contributed by atoms with van der Waals surface area (Å²) in [7, 11) is 0. The monoisotopic (exact) mass is 454 g/mol. The maximum atomic E-state index is 13.1. The largest absolute Gasteiger partial charge is 0.349 e. The second-order valence-electron chi connectivity index (χ2n) is 7.89. The number of rotatable bonds is 5. The molecule has 3 atom stereocenters. The predicted octanol–water partition coefficient (Wildman–Crippen LogP) is 5.75. The van der Waals surface area contributed by atoms with Crippen LogP contribution in [-0.2, 0) is 6.42 Å². The van der Waals surface area contributed by atoms with Crippen molar-refractivity contribution in [3.8, 4) is 0 Å². The van der Waals surface area contributed by atoms with E-state index < -0.39 is 0 Å². The topological polar surface area (TPSA) is 32.3 Å². The lowest BCUT2D eigenvalue weighted by Crippen LogP contribution is -2.50. The third-order valence-electron chi connectivity index (χ3n) is 6.03. The molecule has 0 saturated carbocycles. The van der Waals surface area contributed by atoms with E-state index in [1.807, 2.05) is 12.1 Å². The maximum absolute atomic E-state index is 13.1. The summed E-state index contributed by atoms with van der Waals surface area (Å²) in [5.74, 6) is -0.452. The van der Waals surface area contributed by atoms with Crippen LogP contribution in [0.2, 0.25) is 15.1 Å². The molecule has 2 bridgehead atoms. The van der Waals surface area contributed by atoms with Gasteiger partial charge >= 0.3 is 0 Å². The molecule has 2 fully saturated rings. The van der Waals surface area contributed by atoms with Gasteiger partial charge in [-0.25, -0.2) is 4.39 Å². The van der Waals surface area contributed by atoms with Crippen LogP contribution in [0.5, 0.6) is 0 Å². The Bertz CT molecular complexity index is 868. The van der Waals surface area contributed by atoms with E-state index in [4.69, 9.17) is 34.8 Å². The summed E-state index contributed by atoms with van der Waals surface area (Å²) in [5, 5.41) is 4.05. The van der Waals surface area contributed by atoms with Gasteiger partial charge in [-0.1, -0.05) is 46.9 Å². The molecular formula is C22H22Cl3FN2O. The first-order valence-corrected chi connectivity index (χ1v) is 11.0. The van der Waals surface area contributed by atoms with Crippen LogP contribution in [0.1, 0.15) is 41.6 Å². The molecule has 2 aliphatic rings. The van der Waals surface area contributed by atoms with Crippen molar-refractivity contribution in [2.75, 3.05) is 6.54 Å². The van der Waals surface area contributed by atoms with Crippen molar-refractivity contribution in [3.63, 3.8) is 0 Å². The lowest BCUT2D eigenvalue weighted by Gasteiger charge is -2.39. The highest BCUT2D eigenvalue weighted by Gasteiger charge is 2.40. The van der Waals surface area contributed by atoms with Crippen molar-refractivity contribution in [1.29, 1.82) is 0 Å². The number of fused-ring (bicyclic) bond motifs is 2. The standard InChI is InChI=1S/C22H22Cl3FN2O/c23-14-9-19(24)21(20(25)10-14)22(29)27-16-11-17-5-6-18(12-16)28(17)8-7-13-1-3-15(26)4-2-13/h1-4,9-10,16-18H,5-8,11-12H2,(H,27,29)/t16?,17-,18+. The average molecular weight is 456 g/mol. The molecule has 1 amide bonds. The van der Waals surface area contributed by atoms with Crippen molar-refractivity contribution in [2.45, 2.75) is 50.2 Å².